The Hall–Kier alpha value is -0.240. The molecule has 0 aliphatic rings. The number of carbonyl (C=O) groups is 1. The number of hydrogen-bond acceptors (Lipinski definition) is 2. The number of carbonyl (C=O) groups excluding carboxylic acids is 1. The summed E-state index contributed by atoms with van der Waals surface area (Å²) in [5.74, 6) is 0. The summed E-state index contributed by atoms with van der Waals surface area (Å²) in [6, 6.07) is 0. The van der Waals surface area contributed by atoms with Crippen LogP contribution in [-0.4, -0.2) is 6.29 Å². The summed E-state index contributed by atoms with van der Waals surface area (Å²) in [5, 5.41) is 1.47. The molecule has 0 atom stereocenters. The van der Waals surface area contributed by atoms with Gasteiger partial charge in [-0.3, -0.25) is 4.79 Å². The molecule has 0 aromatic carbocycles. The van der Waals surface area contributed by atoms with Gasteiger partial charge in [-0.15, -0.1) is 0 Å². The summed E-state index contributed by atoms with van der Waals surface area (Å²) in [6.45, 7) is 1.69. The maximum absolute atomic E-state index is 9.62. The van der Waals surface area contributed by atoms with Crippen LogP contribution in [0, 0.1) is 0 Å². The Labute approximate surface area is 42.5 Å². The lowest BCUT2D eigenvalue weighted by molar-refractivity contribution is -0.104. The van der Waals surface area contributed by atoms with Crippen LogP contribution in [0.25, 0.3) is 0 Å². The quantitative estimate of drug-likeness (QED) is 0.297. The van der Waals surface area contributed by atoms with Crippen LogP contribution >= 0.6 is 12.6 Å². The van der Waals surface area contributed by atoms with Gasteiger partial charge in [0.05, 0.1) is 0 Å². The van der Waals surface area contributed by atoms with E-state index in [-0.39, 0.29) is 0 Å². The van der Waals surface area contributed by atoms with Gasteiger partial charge in [0.25, 0.3) is 0 Å². The lowest BCUT2D eigenvalue weighted by Gasteiger charge is -1.72. The summed E-state index contributed by atoms with van der Waals surface area (Å²) in [7, 11) is 0. The molecular weight excluding hydrogens is 96.1 g/mol. The zero-order valence-electron chi connectivity index (χ0n) is 3.51. The summed E-state index contributed by atoms with van der Waals surface area (Å²) in [4.78, 5) is 9.62. The Balaban J connectivity index is 3.50. The van der Waals surface area contributed by atoms with E-state index in [4.69, 9.17) is 0 Å². The summed E-state index contributed by atoms with van der Waals surface area (Å²) in [5.41, 5.74) is 0.651. The van der Waals surface area contributed by atoms with Gasteiger partial charge < -0.3 is 0 Å². The minimum absolute atomic E-state index is 0.651. The molecule has 0 rings (SSSR count). The van der Waals surface area contributed by atoms with E-state index in [2.05, 4.69) is 12.6 Å². The molecule has 1 nitrogen and oxygen atoms in total. The van der Waals surface area contributed by atoms with E-state index in [9.17, 15) is 4.79 Å². The minimum atomic E-state index is 0.651. The molecular formula is C4H6OS. The van der Waals surface area contributed by atoms with Gasteiger partial charge in [-0.25, -0.2) is 0 Å². The average Bonchev–Trinajstić information content (AvgIpc) is 1.65. The molecule has 0 bridgehead atoms. The lowest BCUT2D eigenvalue weighted by Crippen LogP contribution is -1.68. The van der Waals surface area contributed by atoms with Gasteiger partial charge in [0.15, 0.2) is 0 Å². The van der Waals surface area contributed by atoms with Crippen LogP contribution in [0.2, 0.25) is 0 Å². The average molecular weight is 102 g/mol. The van der Waals surface area contributed by atoms with Crippen molar-refractivity contribution in [2.75, 3.05) is 0 Å². The highest BCUT2D eigenvalue weighted by molar-refractivity contribution is 7.83. The van der Waals surface area contributed by atoms with Gasteiger partial charge in [-0.05, 0) is 17.9 Å². The second-order valence-electron chi connectivity index (χ2n) is 0.991. The predicted octanol–water partition coefficient (Wildman–Crippen LogP) is 1.02. The maximum Gasteiger partial charge on any atom is 0.146 e. The van der Waals surface area contributed by atoms with Crippen molar-refractivity contribution in [1.82, 2.24) is 0 Å². The first-order valence-electron chi connectivity index (χ1n) is 1.57. The lowest BCUT2D eigenvalue weighted by atomic mass is 10.4. The zero-order chi connectivity index (χ0) is 4.99. The highest BCUT2D eigenvalue weighted by Gasteiger charge is 1.73. The molecule has 0 aromatic heterocycles. The van der Waals surface area contributed by atoms with E-state index < -0.39 is 0 Å². The normalized spacial score (nSPS) is 11.3. The van der Waals surface area contributed by atoms with E-state index >= 15 is 0 Å². The Kier molecular flexibility index (Phi) is 2.85. The molecule has 2 heteroatoms. The fraction of sp³-hybridized carbons (Fsp3) is 0.250. The molecule has 0 saturated carbocycles. The van der Waals surface area contributed by atoms with Crippen LogP contribution in [0.4, 0.5) is 0 Å². The Morgan fingerprint density at radius 3 is 2.33 bits per heavy atom. The molecule has 0 N–H and O–H groups in total. The molecule has 0 radical (unpaired) electrons. The van der Waals surface area contributed by atoms with Gasteiger partial charge in [-0.1, -0.05) is 0 Å². The van der Waals surface area contributed by atoms with E-state index in [1.165, 1.54) is 5.41 Å². The SMILES string of the molecule is CC(C=O)=CS. The highest BCUT2D eigenvalue weighted by Crippen LogP contribution is 1.85. The molecule has 6 heavy (non-hydrogen) atoms. The number of aldehydes is 1. The number of thiol groups is 1. The summed E-state index contributed by atoms with van der Waals surface area (Å²) < 4.78 is 0. The van der Waals surface area contributed by atoms with Gasteiger partial charge in [0.2, 0.25) is 0 Å². The second-order valence-corrected chi connectivity index (χ2v) is 1.25. The third-order valence-electron chi connectivity index (χ3n) is 0.390. The predicted molar refractivity (Wildman–Crippen MR) is 28.8 cm³/mol. The van der Waals surface area contributed by atoms with Crippen LogP contribution in [0.15, 0.2) is 11.0 Å². The maximum atomic E-state index is 9.62. The van der Waals surface area contributed by atoms with E-state index in [0.29, 0.717) is 5.57 Å². The molecule has 34 valence electrons. The Bertz CT molecular complexity index is 75.6. The van der Waals surface area contributed by atoms with Gasteiger partial charge in [-0.2, -0.15) is 12.6 Å². The van der Waals surface area contributed by atoms with Crippen molar-refractivity contribution in [2.45, 2.75) is 6.92 Å². The molecule has 0 fully saturated rings. The third kappa shape index (κ3) is 2.03. The van der Waals surface area contributed by atoms with E-state index in [1.807, 2.05) is 0 Å². The van der Waals surface area contributed by atoms with E-state index in [1.54, 1.807) is 6.92 Å². The molecule has 0 amide bonds. The second kappa shape index (κ2) is 2.97. The molecule has 0 heterocycles. The van der Waals surface area contributed by atoms with E-state index in [0.717, 1.165) is 6.29 Å². The fourth-order valence-corrected chi connectivity index (χ4v) is 0.0913. The number of hydrogen-bond donors (Lipinski definition) is 1. The first kappa shape index (κ1) is 5.76. The Morgan fingerprint density at radius 2 is 2.33 bits per heavy atom. The molecule has 0 spiro atoms. The standard InChI is InChI=1S/C4H6OS/c1-4(2-5)3-6/h2-3,6H,1H3. The first-order chi connectivity index (χ1) is 2.81. The van der Waals surface area contributed by atoms with Crippen molar-refractivity contribution in [3.8, 4) is 0 Å². The monoisotopic (exact) mass is 102 g/mol. The van der Waals surface area contributed by atoms with Crippen LogP contribution in [0.1, 0.15) is 6.92 Å². The summed E-state index contributed by atoms with van der Waals surface area (Å²) >= 11 is 3.70. The molecule has 0 unspecified atom stereocenters. The van der Waals surface area contributed by atoms with Crippen molar-refractivity contribution in [1.29, 1.82) is 0 Å². The first-order valence-corrected chi connectivity index (χ1v) is 2.09. The van der Waals surface area contributed by atoms with Gasteiger partial charge in [0, 0.05) is 0 Å². The molecule has 0 aromatic rings. The number of rotatable bonds is 1. The van der Waals surface area contributed by atoms with Crippen LogP contribution < -0.4 is 0 Å². The molecule has 0 aliphatic heterocycles. The van der Waals surface area contributed by atoms with Crippen LogP contribution in [0.3, 0.4) is 0 Å². The van der Waals surface area contributed by atoms with Crippen LogP contribution in [0.5, 0.6) is 0 Å². The molecule has 0 saturated heterocycles. The topological polar surface area (TPSA) is 17.1 Å². The van der Waals surface area contributed by atoms with Crippen LogP contribution in [-0.2, 0) is 4.79 Å². The van der Waals surface area contributed by atoms with Crippen molar-refractivity contribution in [3.63, 3.8) is 0 Å². The summed E-state index contributed by atoms with van der Waals surface area (Å²) in [6.07, 6.45) is 0.757. The van der Waals surface area contributed by atoms with Crippen molar-refractivity contribution in [2.24, 2.45) is 0 Å². The minimum Gasteiger partial charge on any atom is -0.298 e. The number of allylic oxidation sites excluding steroid dienone is 1. The van der Waals surface area contributed by atoms with Crippen molar-refractivity contribution >= 4 is 18.9 Å². The van der Waals surface area contributed by atoms with Crippen molar-refractivity contribution < 1.29 is 4.79 Å². The van der Waals surface area contributed by atoms with Gasteiger partial charge in [0.1, 0.15) is 6.29 Å². The zero-order valence-corrected chi connectivity index (χ0v) is 4.40. The van der Waals surface area contributed by atoms with Crippen molar-refractivity contribution in [3.05, 3.63) is 11.0 Å². The largest absolute Gasteiger partial charge is 0.298 e. The fourth-order valence-electron chi connectivity index (χ4n) is 0.0304. The Morgan fingerprint density at radius 1 is 1.83 bits per heavy atom. The highest BCUT2D eigenvalue weighted by atomic mass is 32.1. The smallest absolute Gasteiger partial charge is 0.146 e. The third-order valence-corrected chi connectivity index (χ3v) is 0.797. The van der Waals surface area contributed by atoms with Gasteiger partial charge >= 0.3 is 0 Å². The molecule has 0 aliphatic carbocycles.